The summed E-state index contributed by atoms with van der Waals surface area (Å²) in [5.74, 6) is 0. The monoisotopic (exact) mass is 139 g/mol. The Balaban J connectivity index is 2.83. The third-order valence-electron chi connectivity index (χ3n) is 1.38. The molecule has 0 aromatic rings. The first-order valence-corrected chi connectivity index (χ1v) is 3.79. The van der Waals surface area contributed by atoms with E-state index in [2.05, 4.69) is 6.58 Å². The number of rotatable bonds is 6. The van der Waals surface area contributed by atoms with Crippen LogP contribution in [-0.2, 0) is 5.11 Å². The van der Waals surface area contributed by atoms with Crippen molar-refractivity contribution in [3.8, 4) is 0 Å². The van der Waals surface area contributed by atoms with Crippen LogP contribution in [0.2, 0.25) is 0 Å². The van der Waals surface area contributed by atoms with Gasteiger partial charge in [-0.25, -0.2) is 0 Å². The number of hydrogen-bond donors (Lipinski definition) is 0. The first-order valence-electron chi connectivity index (χ1n) is 3.79. The fourth-order valence-electron chi connectivity index (χ4n) is 0.796. The summed E-state index contributed by atoms with van der Waals surface area (Å²) >= 11 is 0. The largest absolute Gasteiger partial charge is 0.299 e. The minimum Gasteiger partial charge on any atom is -0.299 e. The van der Waals surface area contributed by atoms with E-state index in [0.717, 1.165) is 25.5 Å². The Bertz CT molecular complexity index is 94.9. The zero-order chi connectivity index (χ0) is 7.66. The topological polar surface area (TPSA) is 19.9 Å². The molecular weight excluding hydrogens is 124 g/mol. The predicted octanol–water partition coefficient (Wildman–Crippen LogP) is 3.07. The molecule has 0 aliphatic carbocycles. The average Bonchev–Trinajstić information content (AvgIpc) is 1.97. The molecular formula is C9H15O. The summed E-state index contributed by atoms with van der Waals surface area (Å²) in [6, 6.07) is 0. The van der Waals surface area contributed by atoms with Gasteiger partial charge in [-0.15, -0.1) is 6.58 Å². The predicted molar refractivity (Wildman–Crippen MR) is 43.1 cm³/mol. The van der Waals surface area contributed by atoms with Crippen LogP contribution in [0, 0.1) is 0 Å². The van der Waals surface area contributed by atoms with Crippen molar-refractivity contribution >= 4 is 0 Å². The van der Waals surface area contributed by atoms with Gasteiger partial charge in [-0.05, 0) is 31.8 Å². The molecule has 0 aromatic carbocycles. The van der Waals surface area contributed by atoms with Crippen LogP contribution in [-0.4, -0.2) is 0 Å². The maximum atomic E-state index is 9.82. The van der Waals surface area contributed by atoms with Crippen molar-refractivity contribution in [2.75, 3.05) is 0 Å². The van der Waals surface area contributed by atoms with E-state index in [1.807, 2.05) is 6.08 Å². The smallest absolute Gasteiger partial charge is 0.138 e. The second-order valence-corrected chi connectivity index (χ2v) is 2.30. The second kappa shape index (κ2) is 8.28. The van der Waals surface area contributed by atoms with Crippen molar-refractivity contribution in [3.05, 3.63) is 25.0 Å². The highest BCUT2D eigenvalue weighted by Gasteiger charge is 1.84. The first-order chi connectivity index (χ1) is 4.91. The van der Waals surface area contributed by atoms with Gasteiger partial charge in [-0.3, -0.25) is 5.11 Å². The van der Waals surface area contributed by atoms with Crippen molar-refractivity contribution in [1.82, 2.24) is 0 Å². The molecule has 10 heavy (non-hydrogen) atoms. The van der Waals surface area contributed by atoms with Crippen molar-refractivity contribution in [3.63, 3.8) is 0 Å². The van der Waals surface area contributed by atoms with E-state index in [-0.39, 0.29) is 0 Å². The molecule has 0 fully saturated rings. The van der Waals surface area contributed by atoms with E-state index in [9.17, 15) is 5.11 Å². The molecule has 0 aliphatic heterocycles. The van der Waals surface area contributed by atoms with Crippen molar-refractivity contribution in [1.29, 1.82) is 0 Å². The lowest BCUT2D eigenvalue weighted by Crippen LogP contribution is -1.73. The normalized spacial score (nSPS) is 10.4. The maximum absolute atomic E-state index is 9.82. The van der Waals surface area contributed by atoms with Crippen LogP contribution in [0.5, 0.6) is 0 Å². The van der Waals surface area contributed by atoms with Crippen LogP contribution in [0.15, 0.2) is 25.0 Å². The average molecular weight is 139 g/mol. The van der Waals surface area contributed by atoms with Gasteiger partial charge in [-0.2, -0.15) is 0 Å². The molecule has 0 saturated carbocycles. The SMILES string of the molecule is C=CCCCCC/C=C/[O]. The summed E-state index contributed by atoms with van der Waals surface area (Å²) in [4.78, 5) is 0. The van der Waals surface area contributed by atoms with Crippen LogP contribution < -0.4 is 0 Å². The summed E-state index contributed by atoms with van der Waals surface area (Å²) in [5.41, 5.74) is 0. The maximum Gasteiger partial charge on any atom is 0.138 e. The molecule has 0 atom stereocenters. The summed E-state index contributed by atoms with van der Waals surface area (Å²) in [6.07, 6.45) is 10.0. The van der Waals surface area contributed by atoms with Crippen LogP contribution in [0.4, 0.5) is 0 Å². The van der Waals surface area contributed by atoms with E-state index in [4.69, 9.17) is 0 Å². The van der Waals surface area contributed by atoms with E-state index < -0.39 is 0 Å². The molecule has 0 spiro atoms. The van der Waals surface area contributed by atoms with Gasteiger partial charge in [0.05, 0.1) is 0 Å². The van der Waals surface area contributed by atoms with E-state index in [1.165, 1.54) is 12.8 Å². The Morgan fingerprint density at radius 1 is 1.10 bits per heavy atom. The third kappa shape index (κ3) is 7.28. The summed E-state index contributed by atoms with van der Waals surface area (Å²) in [5, 5.41) is 9.82. The summed E-state index contributed by atoms with van der Waals surface area (Å²) in [7, 11) is 0. The molecule has 1 heteroatoms. The number of unbranched alkanes of at least 4 members (excludes halogenated alkanes) is 4. The van der Waals surface area contributed by atoms with Crippen LogP contribution in [0.1, 0.15) is 32.1 Å². The number of hydrogen-bond acceptors (Lipinski definition) is 0. The fourth-order valence-corrected chi connectivity index (χ4v) is 0.796. The molecule has 1 radical (unpaired) electrons. The molecule has 57 valence electrons. The molecule has 1 nitrogen and oxygen atoms in total. The third-order valence-corrected chi connectivity index (χ3v) is 1.38. The van der Waals surface area contributed by atoms with Gasteiger partial charge in [0.15, 0.2) is 0 Å². The van der Waals surface area contributed by atoms with Gasteiger partial charge < -0.3 is 0 Å². The molecule has 0 heterocycles. The van der Waals surface area contributed by atoms with Crippen LogP contribution >= 0.6 is 0 Å². The first kappa shape index (κ1) is 9.28. The molecule has 0 unspecified atom stereocenters. The minimum atomic E-state index is 0.869. The Labute approximate surface area is 63.1 Å². The highest BCUT2D eigenvalue weighted by atomic mass is 16.2. The molecule has 0 saturated heterocycles. The lowest BCUT2D eigenvalue weighted by Gasteiger charge is -1.92. The van der Waals surface area contributed by atoms with Crippen molar-refractivity contribution < 1.29 is 5.11 Å². The van der Waals surface area contributed by atoms with E-state index in [1.54, 1.807) is 6.08 Å². The highest BCUT2D eigenvalue weighted by molar-refractivity contribution is 4.71. The summed E-state index contributed by atoms with van der Waals surface area (Å²) in [6.45, 7) is 3.63. The lowest BCUT2D eigenvalue weighted by atomic mass is 10.1. The molecule has 0 amide bonds. The highest BCUT2D eigenvalue weighted by Crippen LogP contribution is 2.03. The van der Waals surface area contributed by atoms with E-state index >= 15 is 0 Å². The zero-order valence-electron chi connectivity index (χ0n) is 6.38. The van der Waals surface area contributed by atoms with Gasteiger partial charge in [0, 0.05) is 0 Å². The number of allylic oxidation sites excluding steroid dienone is 2. The standard InChI is InChI=1S/C9H15O/c1-2-3-4-5-6-7-8-9-10/h2,8-9H,1,3-7H2/b9-8+. The fraction of sp³-hybridized carbons (Fsp3) is 0.556. The van der Waals surface area contributed by atoms with E-state index in [0.29, 0.717) is 0 Å². The van der Waals surface area contributed by atoms with Gasteiger partial charge in [0.25, 0.3) is 0 Å². The molecule has 0 N–H and O–H groups in total. The van der Waals surface area contributed by atoms with Crippen LogP contribution in [0.25, 0.3) is 0 Å². The van der Waals surface area contributed by atoms with Crippen LogP contribution in [0.3, 0.4) is 0 Å². The summed E-state index contributed by atoms with van der Waals surface area (Å²) < 4.78 is 0. The van der Waals surface area contributed by atoms with Crippen molar-refractivity contribution in [2.45, 2.75) is 32.1 Å². The van der Waals surface area contributed by atoms with Gasteiger partial charge in [0.1, 0.15) is 6.26 Å². The Morgan fingerprint density at radius 2 is 1.80 bits per heavy atom. The van der Waals surface area contributed by atoms with Gasteiger partial charge in [0.2, 0.25) is 0 Å². The lowest BCUT2D eigenvalue weighted by molar-refractivity contribution is 0.349. The Hall–Kier alpha value is -0.720. The molecule has 0 rings (SSSR count). The van der Waals surface area contributed by atoms with Crippen molar-refractivity contribution in [2.24, 2.45) is 0 Å². The van der Waals surface area contributed by atoms with Gasteiger partial charge in [-0.1, -0.05) is 12.5 Å². The molecule has 0 aliphatic rings. The molecule has 0 bridgehead atoms. The Kier molecular flexibility index (Phi) is 7.68. The quantitative estimate of drug-likeness (QED) is 0.306. The molecule has 0 aromatic heterocycles. The minimum absolute atomic E-state index is 0.869. The zero-order valence-corrected chi connectivity index (χ0v) is 6.38. The second-order valence-electron chi connectivity index (χ2n) is 2.30. The Morgan fingerprint density at radius 3 is 2.40 bits per heavy atom. The van der Waals surface area contributed by atoms with Gasteiger partial charge >= 0.3 is 0 Å².